The van der Waals surface area contributed by atoms with Crippen LogP contribution in [0.2, 0.25) is 0 Å². The van der Waals surface area contributed by atoms with Gasteiger partial charge in [0.1, 0.15) is 4.88 Å². The van der Waals surface area contributed by atoms with Crippen LogP contribution >= 0.6 is 23.6 Å². The Labute approximate surface area is 127 Å². The average molecular weight is 310 g/mol. The maximum atomic E-state index is 5.30. The van der Waals surface area contributed by atoms with Gasteiger partial charge in [-0.1, -0.05) is 12.8 Å². The van der Waals surface area contributed by atoms with Gasteiger partial charge in [0.05, 0.1) is 11.2 Å². The predicted molar refractivity (Wildman–Crippen MR) is 81.4 cm³/mol. The van der Waals surface area contributed by atoms with E-state index in [0.717, 1.165) is 22.9 Å². The lowest BCUT2D eigenvalue weighted by molar-refractivity contribution is 0.288. The summed E-state index contributed by atoms with van der Waals surface area (Å²) in [5.41, 5.74) is 0. The Morgan fingerprint density at radius 1 is 1.30 bits per heavy atom. The lowest BCUT2D eigenvalue weighted by atomic mass is 10.2. The highest BCUT2D eigenvalue weighted by atomic mass is 32.1. The summed E-state index contributed by atoms with van der Waals surface area (Å²) in [5.74, 6) is 0.536. The Kier molecular flexibility index (Phi) is 4.59. The number of aromatic nitrogens is 3. The van der Waals surface area contributed by atoms with Gasteiger partial charge in [0.25, 0.3) is 10.7 Å². The molecule has 0 radical (unpaired) electrons. The van der Waals surface area contributed by atoms with Gasteiger partial charge in [-0.25, -0.2) is 10.1 Å². The SMILES string of the molecule is S=c1[nH]nc(-c2cnc(CCN3CCCCCC3)s2)o1. The van der Waals surface area contributed by atoms with Gasteiger partial charge >= 0.3 is 0 Å². The molecular formula is C13H18N4OS2. The van der Waals surface area contributed by atoms with Gasteiger partial charge in [0.15, 0.2) is 0 Å². The van der Waals surface area contributed by atoms with Crippen LogP contribution in [0.5, 0.6) is 0 Å². The summed E-state index contributed by atoms with van der Waals surface area (Å²) < 4.78 is 5.30. The van der Waals surface area contributed by atoms with Crippen molar-refractivity contribution in [3.63, 3.8) is 0 Å². The van der Waals surface area contributed by atoms with Crippen LogP contribution in [-0.2, 0) is 6.42 Å². The van der Waals surface area contributed by atoms with E-state index < -0.39 is 0 Å². The van der Waals surface area contributed by atoms with E-state index in [4.69, 9.17) is 16.6 Å². The van der Waals surface area contributed by atoms with Crippen LogP contribution < -0.4 is 0 Å². The van der Waals surface area contributed by atoms with Crippen LogP contribution in [0.1, 0.15) is 30.7 Å². The predicted octanol–water partition coefficient (Wildman–Crippen LogP) is 3.27. The highest BCUT2D eigenvalue weighted by molar-refractivity contribution is 7.71. The molecule has 0 amide bonds. The number of thiazole rings is 1. The molecule has 1 aliphatic heterocycles. The lowest BCUT2D eigenvalue weighted by Crippen LogP contribution is -2.26. The summed E-state index contributed by atoms with van der Waals surface area (Å²) in [6, 6.07) is 0. The first-order valence-corrected chi connectivity index (χ1v) is 8.27. The highest BCUT2D eigenvalue weighted by Crippen LogP contribution is 2.24. The molecule has 1 fully saturated rings. The molecule has 0 atom stereocenters. The van der Waals surface area contributed by atoms with E-state index in [1.54, 1.807) is 11.3 Å². The zero-order valence-electron chi connectivity index (χ0n) is 11.3. The van der Waals surface area contributed by atoms with Crippen LogP contribution in [0.3, 0.4) is 0 Å². The third-order valence-electron chi connectivity index (χ3n) is 3.54. The molecule has 1 saturated heterocycles. The van der Waals surface area contributed by atoms with Gasteiger partial charge in [0.2, 0.25) is 0 Å². The van der Waals surface area contributed by atoms with Gasteiger partial charge in [-0.15, -0.1) is 16.4 Å². The van der Waals surface area contributed by atoms with Crippen LogP contribution in [0.25, 0.3) is 10.8 Å². The van der Waals surface area contributed by atoms with Crippen LogP contribution in [0, 0.1) is 4.84 Å². The Bertz CT molecular complexity index is 595. The molecule has 0 aliphatic carbocycles. The van der Waals surface area contributed by atoms with Crippen molar-refractivity contribution in [1.29, 1.82) is 0 Å². The van der Waals surface area contributed by atoms with E-state index in [2.05, 4.69) is 20.1 Å². The molecule has 2 aromatic heterocycles. The molecule has 0 saturated carbocycles. The van der Waals surface area contributed by atoms with Gasteiger partial charge < -0.3 is 9.32 Å². The number of rotatable bonds is 4. The third-order valence-corrected chi connectivity index (χ3v) is 4.76. The lowest BCUT2D eigenvalue weighted by Gasteiger charge is -2.18. The Balaban J connectivity index is 1.58. The van der Waals surface area contributed by atoms with Crippen LogP contribution in [0.15, 0.2) is 10.6 Å². The summed E-state index contributed by atoms with van der Waals surface area (Å²) in [6.45, 7) is 3.55. The molecule has 20 heavy (non-hydrogen) atoms. The molecule has 2 aromatic rings. The Morgan fingerprint density at radius 3 is 2.80 bits per heavy atom. The summed E-state index contributed by atoms with van der Waals surface area (Å²) in [5, 5.41) is 7.79. The number of hydrogen-bond donors (Lipinski definition) is 1. The second-order valence-electron chi connectivity index (χ2n) is 5.04. The number of hydrogen-bond acceptors (Lipinski definition) is 6. The smallest absolute Gasteiger partial charge is 0.284 e. The minimum atomic E-state index is 0.305. The van der Waals surface area contributed by atoms with Crippen molar-refractivity contribution >= 4 is 23.6 Å². The van der Waals surface area contributed by atoms with E-state index in [1.165, 1.54) is 38.8 Å². The number of aromatic amines is 1. The van der Waals surface area contributed by atoms with Gasteiger partial charge in [-0.3, -0.25) is 0 Å². The van der Waals surface area contributed by atoms with E-state index >= 15 is 0 Å². The monoisotopic (exact) mass is 310 g/mol. The van der Waals surface area contributed by atoms with E-state index in [-0.39, 0.29) is 0 Å². The first-order valence-electron chi connectivity index (χ1n) is 7.04. The zero-order chi connectivity index (χ0) is 13.8. The highest BCUT2D eigenvalue weighted by Gasteiger charge is 2.12. The second-order valence-corrected chi connectivity index (χ2v) is 6.53. The molecule has 7 heteroatoms. The van der Waals surface area contributed by atoms with E-state index in [1.807, 2.05) is 6.20 Å². The normalized spacial score (nSPS) is 17.2. The van der Waals surface area contributed by atoms with Gasteiger partial charge in [0, 0.05) is 13.0 Å². The fourth-order valence-corrected chi connectivity index (χ4v) is 3.43. The van der Waals surface area contributed by atoms with Crippen molar-refractivity contribution < 1.29 is 4.42 Å². The fourth-order valence-electron chi connectivity index (χ4n) is 2.47. The van der Waals surface area contributed by atoms with E-state index in [0.29, 0.717) is 10.7 Å². The molecule has 108 valence electrons. The maximum Gasteiger partial charge on any atom is 0.284 e. The maximum absolute atomic E-state index is 5.30. The van der Waals surface area contributed by atoms with Crippen molar-refractivity contribution in [1.82, 2.24) is 20.1 Å². The van der Waals surface area contributed by atoms with Crippen LogP contribution in [-0.4, -0.2) is 39.7 Å². The molecule has 1 aliphatic rings. The van der Waals surface area contributed by atoms with E-state index in [9.17, 15) is 0 Å². The topological polar surface area (TPSA) is 58.0 Å². The van der Waals surface area contributed by atoms with Crippen molar-refractivity contribution in [2.24, 2.45) is 0 Å². The molecule has 0 aromatic carbocycles. The van der Waals surface area contributed by atoms with Gasteiger partial charge in [-0.05, 0) is 38.1 Å². The summed E-state index contributed by atoms with van der Waals surface area (Å²) >= 11 is 6.51. The zero-order valence-corrected chi connectivity index (χ0v) is 12.9. The third kappa shape index (κ3) is 3.53. The van der Waals surface area contributed by atoms with Gasteiger partial charge in [-0.2, -0.15) is 0 Å². The second kappa shape index (κ2) is 6.60. The average Bonchev–Trinajstić information content (AvgIpc) is 3.00. The summed E-state index contributed by atoms with van der Waals surface area (Å²) in [4.78, 5) is 8.24. The molecule has 1 N–H and O–H groups in total. The minimum absolute atomic E-state index is 0.305. The number of nitrogens with zero attached hydrogens (tertiary/aromatic N) is 3. The number of H-pyrrole nitrogens is 1. The number of likely N-dealkylation sites (tertiary alicyclic amines) is 1. The standard InChI is InChI=1S/C13H18N4OS2/c19-13-16-15-12(18-13)10-9-14-11(20-10)5-8-17-6-3-1-2-4-7-17/h9H,1-8H2,(H,16,19). The van der Waals surface area contributed by atoms with Crippen LogP contribution in [0.4, 0.5) is 0 Å². The summed E-state index contributed by atoms with van der Waals surface area (Å²) in [7, 11) is 0. The molecule has 0 bridgehead atoms. The largest absolute Gasteiger partial charge is 0.408 e. The molecule has 0 spiro atoms. The number of nitrogens with one attached hydrogen (secondary N) is 1. The molecule has 0 unspecified atom stereocenters. The van der Waals surface area contributed by atoms with Crippen molar-refractivity contribution in [2.45, 2.75) is 32.1 Å². The van der Waals surface area contributed by atoms with Crippen molar-refractivity contribution in [3.8, 4) is 10.8 Å². The minimum Gasteiger partial charge on any atom is -0.408 e. The molecule has 3 rings (SSSR count). The first kappa shape index (κ1) is 13.9. The molecule has 5 nitrogen and oxygen atoms in total. The summed E-state index contributed by atoms with van der Waals surface area (Å²) in [6.07, 6.45) is 8.23. The quantitative estimate of drug-likeness (QED) is 0.878. The fraction of sp³-hybridized carbons (Fsp3) is 0.615. The Hall–Kier alpha value is -1.05. The van der Waals surface area contributed by atoms with Crippen molar-refractivity contribution in [3.05, 3.63) is 16.0 Å². The first-order chi connectivity index (χ1) is 9.81. The Morgan fingerprint density at radius 2 is 2.10 bits per heavy atom. The molecule has 3 heterocycles. The molecular weight excluding hydrogens is 292 g/mol. The van der Waals surface area contributed by atoms with Crippen molar-refractivity contribution in [2.75, 3.05) is 19.6 Å².